The summed E-state index contributed by atoms with van der Waals surface area (Å²) in [5.74, 6) is 1.10. The van der Waals surface area contributed by atoms with Crippen molar-refractivity contribution in [3.63, 3.8) is 0 Å². The van der Waals surface area contributed by atoms with E-state index in [0.29, 0.717) is 22.9 Å². The lowest BCUT2D eigenvalue weighted by Gasteiger charge is -2.29. The van der Waals surface area contributed by atoms with Crippen LogP contribution in [0.3, 0.4) is 0 Å². The Morgan fingerprint density at radius 3 is 2.36 bits per heavy atom. The molecule has 0 N–H and O–H groups in total. The van der Waals surface area contributed by atoms with Crippen molar-refractivity contribution in [1.82, 2.24) is 4.98 Å². The van der Waals surface area contributed by atoms with E-state index >= 15 is 0 Å². The number of pyridine rings is 1. The summed E-state index contributed by atoms with van der Waals surface area (Å²) < 4.78 is 39.7. The molecule has 3 aromatic rings. The molecule has 3 nitrogen and oxygen atoms in total. The molecular weight excluding hydrogens is 428 g/mol. The Hall–Kier alpha value is -2.31. The van der Waals surface area contributed by atoms with Crippen LogP contribution in [0, 0.1) is 0 Å². The van der Waals surface area contributed by atoms with Crippen molar-refractivity contribution in [2.24, 2.45) is 0 Å². The lowest BCUT2D eigenvalue weighted by Crippen LogP contribution is -2.36. The van der Waals surface area contributed by atoms with Crippen molar-refractivity contribution >= 4 is 15.9 Å². The third-order valence-corrected chi connectivity index (χ3v) is 4.91. The standard InChI is InChI=1S/C22H20BrF2NO2/c1-22(21(24)25,16-10-12-17(23)13-11-16)15-27-14-18-6-5-9-20(26-18)28-19-7-3-2-4-8-19/h2-13,21H,14-15H2,1H3. The minimum atomic E-state index is -2.56. The van der Waals surface area contributed by atoms with E-state index < -0.39 is 11.8 Å². The predicted molar refractivity (Wildman–Crippen MR) is 108 cm³/mol. The van der Waals surface area contributed by atoms with Crippen LogP contribution in [-0.2, 0) is 16.8 Å². The fraction of sp³-hybridized carbons (Fsp3) is 0.227. The van der Waals surface area contributed by atoms with E-state index in [-0.39, 0.29) is 13.2 Å². The molecule has 146 valence electrons. The van der Waals surface area contributed by atoms with Crippen molar-refractivity contribution < 1.29 is 18.3 Å². The Kier molecular flexibility index (Phi) is 6.75. The smallest absolute Gasteiger partial charge is 0.250 e. The molecule has 0 spiro atoms. The first-order valence-electron chi connectivity index (χ1n) is 8.78. The van der Waals surface area contributed by atoms with Gasteiger partial charge in [0.25, 0.3) is 0 Å². The van der Waals surface area contributed by atoms with E-state index in [1.807, 2.05) is 30.3 Å². The van der Waals surface area contributed by atoms with Crippen LogP contribution in [-0.4, -0.2) is 18.0 Å². The number of alkyl halides is 2. The predicted octanol–water partition coefficient (Wildman–Crippen LogP) is 6.38. The molecule has 1 aromatic heterocycles. The summed E-state index contributed by atoms with van der Waals surface area (Å²) in [6, 6.07) is 21.5. The molecule has 0 aliphatic heterocycles. The van der Waals surface area contributed by atoms with E-state index in [2.05, 4.69) is 20.9 Å². The molecule has 3 rings (SSSR count). The van der Waals surface area contributed by atoms with Gasteiger partial charge in [-0.15, -0.1) is 0 Å². The normalized spacial score (nSPS) is 13.3. The van der Waals surface area contributed by atoms with Gasteiger partial charge in [0.2, 0.25) is 12.3 Å². The van der Waals surface area contributed by atoms with Crippen LogP contribution in [0.15, 0.2) is 77.3 Å². The Morgan fingerprint density at radius 1 is 0.964 bits per heavy atom. The monoisotopic (exact) mass is 447 g/mol. The summed E-state index contributed by atoms with van der Waals surface area (Å²) in [7, 11) is 0. The van der Waals surface area contributed by atoms with Crippen LogP contribution < -0.4 is 4.74 Å². The molecule has 0 bridgehead atoms. The molecule has 1 unspecified atom stereocenters. The molecule has 0 fully saturated rings. The Labute approximate surface area is 171 Å². The molecular formula is C22H20BrF2NO2. The van der Waals surface area contributed by atoms with Gasteiger partial charge in [-0.25, -0.2) is 13.8 Å². The fourth-order valence-electron chi connectivity index (χ4n) is 2.67. The van der Waals surface area contributed by atoms with Gasteiger partial charge in [0.1, 0.15) is 5.75 Å². The number of benzene rings is 2. The number of rotatable bonds is 8. The van der Waals surface area contributed by atoms with Crippen LogP contribution in [0.2, 0.25) is 0 Å². The minimum Gasteiger partial charge on any atom is -0.439 e. The first-order chi connectivity index (χ1) is 13.5. The lowest BCUT2D eigenvalue weighted by atomic mass is 9.84. The first kappa shape index (κ1) is 20.4. The molecule has 0 amide bonds. The molecule has 0 aliphatic rings. The van der Waals surface area contributed by atoms with Gasteiger partial charge in [0, 0.05) is 10.5 Å². The van der Waals surface area contributed by atoms with E-state index in [4.69, 9.17) is 9.47 Å². The van der Waals surface area contributed by atoms with Crippen LogP contribution in [0.5, 0.6) is 11.6 Å². The van der Waals surface area contributed by atoms with Crippen molar-refractivity contribution in [3.8, 4) is 11.6 Å². The molecule has 1 atom stereocenters. The highest BCUT2D eigenvalue weighted by Gasteiger charge is 2.37. The van der Waals surface area contributed by atoms with Crippen LogP contribution in [0.4, 0.5) is 8.78 Å². The summed E-state index contributed by atoms with van der Waals surface area (Å²) in [4.78, 5) is 4.38. The Bertz CT molecular complexity index is 891. The lowest BCUT2D eigenvalue weighted by molar-refractivity contribution is -0.0135. The molecule has 0 radical (unpaired) electrons. The summed E-state index contributed by atoms with van der Waals surface area (Å²) >= 11 is 3.32. The van der Waals surface area contributed by atoms with E-state index in [1.165, 1.54) is 6.92 Å². The SMILES string of the molecule is CC(COCc1cccc(Oc2ccccc2)n1)(c1ccc(Br)cc1)C(F)F. The average molecular weight is 448 g/mol. The van der Waals surface area contributed by atoms with Crippen molar-refractivity contribution in [2.45, 2.75) is 25.4 Å². The average Bonchev–Trinajstić information content (AvgIpc) is 2.69. The third kappa shape index (κ3) is 5.14. The summed E-state index contributed by atoms with van der Waals surface area (Å²) in [5, 5.41) is 0. The molecule has 6 heteroatoms. The van der Waals surface area contributed by atoms with Gasteiger partial charge in [-0.2, -0.15) is 0 Å². The Morgan fingerprint density at radius 2 is 1.68 bits per heavy atom. The second kappa shape index (κ2) is 9.26. The summed E-state index contributed by atoms with van der Waals surface area (Å²) in [6.45, 7) is 1.49. The number of halogens is 3. The van der Waals surface area contributed by atoms with Gasteiger partial charge >= 0.3 is 0 Å². The quantitative estimate of drug-likeness (QED) is 0.401. The number of hydrogen-bond donors (Lipinski definition) is 0. The van der Waals surface area contributed by atoms with E-state index in [9.17, 15) is 8.78 Å². The van der Waals surface area contributed by atoms with E-state index in [0.717, 1.165) is 4.47 Å². The molecule has 0 saturated heterocycles. The van der Waals surface area contributed by atoms with Gasteiger partial charge in [-0.3, -0.25) is 0 Å². The molecule has 2 aromatic carbocycles. The highest BCUT2D eigenvalue weighted by Crippen LogP contribution is 2.32. The van der Waals surface area contributed by atoms with Gasteiger partial charge in [-0.05, 0) is 42.8 Å². The maximum atomic E-state index is 13.8. The van der Waals surface area contributed by atoms with Crippen molar-refractivity contribution in [3.05, 3.63) is 88.5 Å². The number of para-hydroxylation sites is 1. The van der Waals surface area contributed by atoms with Crippen molar-refractivity contribution in [1.29, 1.82) is 0 Å². The number of aromatic nitrogens is 1. The molecule has 1 heterocycles. The molecule has 0 aliphatic carbocycles. The second-order valence-electron chi connectivity index (χ2n) is 6.60. The van der Waals surface area contributed by atoms with Gasteiger partial charge in [-0.1, -0.05) is 52.3 Å². The van der Waals surface area contributed by atoms with Crippen LogP contribution in [0.25, 0.3) is 0 Å². The van der Waals surface area contributed by atoms with E-state index in [1.54, 1.807) is 42.5 Å². The summed E-state index contributed by atoms with van der Waals surface area (Å²) in [5.41, 5.74) is -0.264. The number of nitrogens with zero attached hydrogens (tertiary/aromatic N) is 1. The third-order valence-electron chi connectivity index (χ3n) is 4.38. The van der Waals surface area contributed by atoms with Crippen LogP contribution >= 0.6 is 15.9 Å². The maximum absolute atomic E-state index is 13.8. The first-order valence-corrected chi connectivity index (χ1v) is 9.57. The topological polar surface area (TPSA) is 31.4 Å². The van der Waals surface area contributed by atoms with Crippen LogP contribution in [0.1, 0.15) is 18.2 Å². The number of ether oxygens (including phenoxy) is 2. The molecule has 0 saturated carbocycles. The zero-order chi connectivity index (χ0) is 20.0. The van der Waals surface area contributed by atoms with Gasteiger partial charge < -0.3 is 9.47 Å². The van der Waals surface area contributed by atoms with Crippen molar-refractivity contribution in [2.75, 3.05) is 6.61 Å². The maximum Gasteiger partial charge on any atom is 0.250 e. The second-order valence-corrected chi connectivity index (χ2v) is 7.52. The zero-order valence-corrected chi connectivity index (χ0v) is 16.9. The zero-order valence-electron chi connectivity index (χ0n) is 15.3. The fourth-order valence-corrected chi connectivity index (χ4v) is 2.94. The number of hydrogen-bond acceptors (Lipinski definition) is 3. The van der Waals surface area contributed by atoms with Gasteiger partial charge in [0.15, 0.2) is 0 Å². The highest BCUT2D eigenvalue weighted by molar-refractivity contribution is 9.10. The Balaban J connectivity index is 1.64. The highest BCUT2D eigenvalue weighted by atomic mass is 79.9. The van der Waals surface area contributed by atoms with Gasteiger partial charge in [0.05, 0.1) is 24.3 Å². The largest absolute Gasteiger partial charge is 0.439 e. The summed E-state index contributed by atoms with van der Waals surface area (Å²) in [6.07, 6.45) is -2.56. The minimum absolute atomic E-state index is 0.116. The molecule has 28 heavy (non-hydrogen) atoms.